The van der Waals surface area contributed by atoms with Gasteiger partial charge < -0.3 is 14.7 Å². The van der Waals surface area contributed by atoms with E-state index in [1.807, 2.05) is 45.0 Å². The monoisotopic (exact) mass is 406 g/mol. The van der Waals surface area contributed by atoms with Crippen LogP contribution in [0.4, 0.5) is 5.69 Å². The zero-order valence-electron chi connectivity index (χ0n) is 17.5. The van der Waals surface area contributed by atoms with Crippen molar-refractivity contribution in [2.24, 2.45) is 0 Å². The van der Waals surface area contributed by atoms with Crippen LogP contribution < -0.4 is 5.32 Å². The van der Waals surface area contributed by atoms with Crippen LogP contribution in [0.2, 0.25) is 0 Å². The third-order valence-electron chi connectivity index (χ3n) is 4.79. The lowest BCUT2D eigenvalue weighted by Gasteiger charge is -2.19. The molecule has 0 bridgehead atoms. The van der Waals surface area contributed by atoms with E-state index >= 15 is 0 Å². The molecule has 0 unspecified atom stereocenters. The van der Waals surface area contributed by atoms with Gasteiger partial charge in [-0.3, -0.25) is 9.59 Å². The average Bonchev–Trinajstić information content (AvgIpc) is 3.23. The summed E-state index contributed by atoms with van der Waals surface area (Å²) in [4.78, 5) is 30.9. The van der Waals surface area contributed by atoms with E-state index in [0.717, 1.165) is 11.1 Å². The maximum absolute atomic E-state index is 12.5. The van der Waals surface area contributed by atoms with Gasteiger partial charge in [-0.2, -0.15) is 4.98 Å². The summed E-state index contributed by atoms with van der Waals surface area (Å²) >= 11 is 0. The van der Waals surface area contributed by atoms with E-state index in [9.17, 15) is 9.59 Å². The van der Waals surface area contributed by atoms with Crippen molar-refractivity contribution < 1.29 is 14.1 Å². The normalized spacial score (nSPS) is 10.6. The van der Waals surface area contributed by atoms with Crippen molar-refractivity contribution in [3.8, 4) is 11.4 Å². The number of nitrogens with one attached hydrogen (secondary N) is 1. The molecule has 0 saturated carbocycles. The summed E-state index contributed by atoms with van der Waals surface area (Å²) in [5, 5.41) is 6.81. The number of hydrogen-bond acceptors (Lipinski definition) is 5. The molecule has 2 aromatic carbocycles. The fourth-order valence-electron chi connectivity index (χ4n) is 3.04. The first-order chi connectivity index (χ1) is 14.5. The molecule has 0 spiro atoms. The average molecular weight is 406 g/mol. The minimum atomic E-state index is -0.183. The first-order valence-corrected chi connectivity index (χ1v) is 10.1. The Morgan fingerprint density at radius 1 is 1.07 bits per heavy atom. The molecule has 0 atom stereocenters. The third-order valence-corrected chi connectivity index (χ3v) is 4.79. The molecule has 2 amide bonds. The maximum atomic E-state index is 12.5. The van der Waals surface area contributed by atoms with Crippen LogP contribution in [-0.4, -0.2) is 39.9 Å². The Labute approximate surface area is 176 Å². The van der Waals surface area contributed by atoms with Gasteiger partial charge in [0, 0.05) is 42.7 Å². The second kappa shape index (κ2) is 9.82. The molecule has 1 aromatic heterocycles. The van der Waals surface area contributed by atoms with Crippen LogP contribution in [0.25, 0.3) is 11.4 Å². The van der Waals surface area contributed by atoms with E-state index < -0.39 is 0 Å². The number of carbonyl (C=O) groups is 2. The second-order valence-electron chi connectivity index (χ2n) is 6.98. The predicted octanol–water partition coefficient (Wildman–Crippen LogP) is 4.10. The smallest absolute Gasteiger partial charge is 0.253 e. The van der Waals surface area contributed by atoms with Crippen LogP contribution in [-0.2, 0) is 11.2 Å². The molecule has 1 heterocycles. The van der Waals surface area contributed by atoms with Crippen molar-refractivity contribution in [1.82, 2.24) is 15.0 Å². The quantitative estimate of drug-likeness (QED) is 0.608. The van der Waals surface area contributed by atoms with Crippen molar-refractivity contribution >= 4 is 17.5 Å². The lowest BCUT2D eigenvalue weighted by molar-refractivity contribution is -0.116. The van der Waals surface area contributed by atoms with Gasteiger partial charge in [-0.05, 0) is 39.0 Å². The number of benzene rings is 2. The molecule has 156 valence electrons. The Bertz CT molecular complexity index is 1010. The van der Waals surface area contributed by atoms with Crippen molar-refractivity contribution in [3.63, 3.8) is 0 Å². The molecule has 0 radical (unpaired) electrons. The third kappa shape index (κ3) is 5.31. The van der Waals surface area contributed by atoms with Crippen LogP contribution in [0.3, 0.4) is 0 Å². The molecule has 7 heteroatoms. The molecule has 1 N–H and O–H groups in total. The van der Waals surface area contributed by atoms with Crippen molar-refractivity contribution in [3.05, 3.63) is 65.5 Å². The lowest BCUT2D eigenvalue weighted by atomic mass is 10.1. The van der Waals surface area contributed by atoms with Gasteiger partial charge in [-0.25, -0.2) is 0 Å². The van der Waals surface area contributed by atoms with Gasteiger partial charge >= 0.3 is 0 Å². The number of anilines is 1. The number of amides is 2. The molecule has 3 rings (SSSR count). The molecule has 0 aliphatic heterocycles. The first-order valence-electron chi connectivity index (χ1n) is 10.1. The second-order valence-corrected chi connectivity index (χ2v) is 6.98. The summed E-state index contributed by atoms with van der Waals surface area (Å²) in [6, 6.07) is 14.8. The van der Waals surface area contributed by atoms with Crippen LogP contribution in [0.1, 0.15) is 42.1 Å². The van der Waals surface area contributed by atoms with E-state index in [2.05, 4.69) is 15.5 Å². The number of aryl methyl sites for hydroxylation is 2. The molecular formula is C23H26N4O3. The van der Waals surface area contributed by atoms with Crippen molar-refractivity contribution in [1.29, 1.82) is 0 Å². The van der Waals surface area contributed by atoms with Gasteiger partial charge in [0.1, 0.15) is 0 Å². The van der Waals surface area contributed by atoms with Crippen LogP contribution >= 0.6 is 0 Å². The van der Waals surface area contributed by atoms with Crippen molar-refractivity contribution in [2.45, 2.75) is 33.6 Å². The van der Waals surface area contributed by atoms with E-state index in [1.54, 1.807) is 29.2 Å². The van der Waals surface area contributed by atoms with Gasteiger partial charge in [-0.15, -0.1) is 0 Å². The highest BCUT2D eigenvalue weighted by atomic mass is 16.5. The zero-order chi connectivity index (χ0) is 21.5. The summed E-state index contributed by atoms with van der Waals surface area (Å²) in [6.45, 7) is 7.17. The van der Waals surface area contributed by atoms with E-state index in [1.165, 1.54) is 0 Å². The number of aromatic nitrogens is 2. The summed E-state index contributed by atoms with van der Waals surface area (Å²) in [5.41, 5.74) is 3.16. The number of carbonyl (C=O) groups excluding carboxylic acids is 2. The highest BCUT2D eigenvalue weighted by Crippen LogP contribution is 2.17. The van der Waals surface area contributed by atoms with E-state index in [0.29, 0.717) is 42.5 Å². The molecule has 0 aliphatic carbocycles. The van der Waals surface area contributed by atoms with Gasteiger partial charge in [0.25, 0.3) is 5.91 Å². The Hall–Kier alpha value is -3.48. The first kappa shape index (κ1) is 21.2. The van der Waals surface area contributed by atoms with E-state index in [-0.39, 0.29) is 18.2 Å². The molecule has 0 saturated heterocycles. The van der Waals surface area contributed by atoms with Crippen LogP contribution in [0, 0.1) is 6.92 Å². The topological polar surface area (TPSA) is 88.3 Å². The largest absolute Gasteiger partial charge is 0.339 e. The van der Waals surface area contributed by atoms with Gasteiger partial charge in [0.2, 0.25) is 17.6 Å². The number of hydrogen-bond donors (Lipinski definition) is 1. The zero-order valence-corrected chi connectivity index (χ0v) is 17.5. The number of rotatable bonds is 8. The molecule has 0 aliphatic rings. The Morgan fingerprint density at radius 3 is 2.50 bits per heavy atom. The van der Waals surface area contributed by atoms with Gasteiger partial charge in [0.05, 0.1) is 0 Å². The maximum Gasteiger partial charge on any atom is 0.253 e. The standard InChI is InChI=1S/C23H26N4O3/c1-4-27(5-2)23(29)18-7-6-8-19(15-18)24-20(28)13-14-21-25-22(26-30-21)17-11-9-16(3)10-12-17/h6-12,15H,4-5,13-14H2,1-3H3,(H,24,28). The van der Waals surface area contributed by atoms with Gasteiger partial charge in [0.15, 0.2) is 0 Å². The highest BCUT2D eigenvalue weighted by molar-refractivity contribution is 5.97. The van der Waals surface area contributed by atoms with Crippen LogP contribution in [0.15, 0.2) is 53.1 Å². The fraction of sp³-hybridized carbons (Fsp3) is 0.304. The highest BCUT2D eigenvalue weighted by Gasteiger charge is 2.14. The SMILES string of the molecule is CCN(CC)C(=O)c1cccc(NC(=O)CCc2nc(-c3ccc(C)cc3)no2)c1. The molecule has 0 fully saturated rings. The Kier molecular flexibility index (Phi) is 6.95. The minimum Gasteiger partial charge on any atom is -0.339 e. The summed E-state index contributed by atoms with van der Waals surface area (Å²) in [7, 11) is 0. The molecular weight excluding hydrogens is 380 g/mol. The molecule has 7 nitrogen and oxygen atoms in total. The molecule has 30 heavy (non-hydrogen) atoms. The Morgan fingerprint density at radius 2 is 1.80 bits per heavy atom. The fourth-order valence-corrected chi connectivity index (χ4v) is 3.04. The van der Waals surface area contributed by atoms with Crippen LogP contribution in [0.5, 0.6) is 0 Å². The van der Waals surface area contributed by atoms with Gasteiger partial charge in [-0.1, -0.05) is 41.1 Å². The Balaban J connectivity index is 1.57. The summed E-state index contributed by atoms with van der Waals surface area (Å²) in [5.74, 6) is 0.683. The predicted molar refractivity (Wildman–Crippen MR) is 115 cm³/mol. The van der Waals surface area contributed by atoms with Crippen molar-refractivity contribution in [2.75, 3.05) is 18.4 Å². The minimum absolute atomic E-state index is 0.0504. The lowest BCUT2D eigenvalue weighted by Crippen LogP contribution is -2.30. The summed E-state index contributed by atoms with van der Waals surface area (Å²) in [6.07, 6.45) is 0.534. The van der Waals surface area contributed by atoms with E-state index in [4.69, 9.17) is 4.52 Å². The summed E-state index contributed by atoms with van der Waals surface area (Å²) < 4.78 is 5.26. The number of nitrogens with zero attached hydrogens (tertiary/aromatic N) is 3. The molecule has 3 aromatic rings.